The maximum atomic E-state index is 12.5. The molecule has 1 saturated heterocycles. The van der Waals surface area contributed by atoms with Crippen LogP contribution in [0.25, 0.3) is 5.65 Å². The van der Waals surface area contributed by atoms with Crippen LogP contribution in [0.15, 0.2) is 24.5 Å². The van der Waals surface area contributed by atoms with Gasteiger partial charge in [-0.1, -0.05) is 12.8 Å². The van der Waals surface area contributed by atoms with Crippen molar-refractivity contribution in [3.8, 4) is 0 Å². The normalized spacial score (nSPS) is 16.6. The molecule has 0 unspecified atom stereocenters. The van der Waals surface area contributed by atoms with E-state index in [0.29, 0.717) is 5.69 Å². The molecule has 0 spiro atoms. The first-order valence-corrected chi connectivity index (χ1v) is 6.99. The molecule has 100 valence electrons. The molecule has 0 atom stereocenters. The van der Waals surface area contributed by atoms with E-state index in [-0.39, 0.29) is 5.91 Å². The highest BCUT2D eigenvalue weighted by molar-refractivity contribution is 5.93. The van der Waals surface area contributed by atoms with Gasteiger partial charge in [0.25, 0.3) is 5.91 Å². The highest BCUT2D eigenvalue weighted by atomic mass is 16.2. The number of likely N-dealkylation sites (tertiary alicyclic amines) is 1. The summed E-state index contributed by atoms with van der Waals surface area (Å²) in [5.74, 6) is 0.0725. The summed E-state index contributed by atoms with van der Waals surface area (Å²) >= 11 is 0. The Morgan fingerprint density at radius 2 is 1.95 bits per heavy atom. The molecule has 3 heterocycles. The molecule has 0 N–H and O–H groups in total. The molecule has 0 radical (unpaired) electrons. The summed E-state index contributed by atoms with van der Waals surface area (Å²) < 4.78 is 1.91. The van der Waals surface area contributed by atoms with Crippen LogP contribution in [-0.4, -0.2) is 33.3 Å². The van der Waals surface area contributed by atoms with E-state index in [1.807, 2.05) is 40.8 Å². The Morgan fingerprint density at radius 3 is 2.68 bits per heavy atom. The van der Waals surface area contributed by atoms with Crippen molar-refractivity contribution in [2.45, 2.75) is 32.6 Å². The number of pyridine rings is 1. The van der Waals surface area contributed by atoms with Crippen molar-refractivity contribution in [2.24, 2.45) is 0 Å². The number of amides is 1. The fourth-order valence-corrected chi connectivity index (χ4v) is 2.62. The number of hydrogen-bond donors (Lipinski definition) is 0. The Labute approximate surface area is 113 Å². The summed E-state index contributed by atoms with van der Waals surface area (Å²) in [6.07, 6.45) is 8.47. The second kappa shape index (κ2) is 5.03. The van der Waals surface area contributed by atoms with Gasteiger partial charge in [-0.3, -0.25) is 4.79 Å². The van der Waals surface area contributed by atoms with E-state index in [1.165, 1.54) is 12.8 Å². The molecule has 1 amide bonds. The molecule has 1 fully saturated rings. The van der Waals surface area contributed by atoms with Gasteiger partial charge in [-0.25, -0.2) is 4.98 Å². The fourth-order valence-electron chi connectivity index (χ4n) is 2.62. The van der Waals surface area contributed by atoms with E-state index in [4.69, 9.17) is 0 Å². The van der Waals surface area contributed by atoms with E-state index < -0.39 is 0 Å². The minimum Gasteiger partial charge on any atom is -0.337 e. The standard InChI is InChI=1S/C15H19N3O/c1-12-6-9-18-11-13(16-14(18)10-12)15(19)17-7-4-2-3-5-8-17/h6,9-11H,2-5,7-8H2,1H3. The van der Waals surface area contributed by atoms with Crippen LogP contribution in [-0.2, 0) is 0 Å². The highest BCUT2D eigenvalue weighted by Crippen LogP contribution is 2.14. The van der Waals surface area contributed by atoms with E-state index in [1.54, 1.807) is 0 Å². The number of fused-ring (bicyclic) bond motifs is 1. The zero-order valence-corrected chi connectivity index (χ0v) is 11.3. The van der Waals surface area contributed by atoms with Crippen LogP contribution >= 0.6 is 0 Å². The lowest BCUT2D eigenvalue weighted by atomic mass is 10.2. The molecule has 0 bridgehead atoms. The molecule has 1 aliphatic heterocycles. The maximum absolute atomic E-state index is 12.5. The van der Waals surface area contributed by atoms with Crippen molar-refractivity contribution in [2.75, 3.05) is 13.1 Å². The molecule has 2 aromatic heterocycles. The molecule has 0 aromatic carbocycles. The Balaban J connectivity index is 1.88. The fraction of sp³-hybridized carbons (Fsp3) is 0.467. The topological polar surface area (TPSA) is 37.6 Å². The summed E-state index contributed by atoms with van der Waals surface area (Å²) in [4.78, 5) is 18.9. The van der Waals surface area contributed by atoms with Crippen LogP contribution in [0, 0.1) is 6.92 Å². The number of aromatic nitrogens is 2. The van der Waals surface area contributed by atoms with Gasteiger partial charge in [0.05, 0.1) is 0 Å². The highest BCUT2D eigenvalue weighted by Gasteiger charge is 2.19. The predicted molar refractivity (Wildman–Crippen MR) is 74.3 cm³/mol. The molecule has 4 heteroatoms. The zero-order valence-electron chi connectivity index (χ0n) is 11.3. The van der Waals surface area contributed by atoms with Crippen molar-refractivity contribution in [1.82, 2.24) is 14.3 Å². The largest absolute Gasteiger partial charge is 0.337 e. The van der Waals surface area contributed by atoms with Crippen molar-refractivity contribution in [3.63, 3.8) is 0 Å². The number of aryl methyl sites for hydroxylation is 1. The van der Waals surface area contributed by atoms with Gasteiger partial charge in [0, 0.05) is 25.5 Å². The Bertz CT molecular complexity index is 594. The first-order valence-electron chi connectivity index (χ1n) is 6.99. The van der Waals surface area contributed by atoms with Crippen molar-refractivity contribution < 1.29 is 4.79 Å². The second-order valence-electron chi connectivity index (χ2n) is 5.30. The van der Waals surface area contributed by atoms with Crippen molar-refractivity contribution in [3.05, 3.63) is 35.8 Å². The Kier molecular flexibility index (Phi) is 3.23. The third-order valence-corrected chi connectivity index (χ3v) is 3.73. The molecule has 4 nitrogen and oxygen atoms in total. The van der Waals surface area contributed by atoms with Gasteiger partial charge in [0.1, 0.15) is 11.3 Å². The quantitative estimate of drug-likeness (QED) is 0.787. The smallest absolute Gasteiger partial charge is 0.274 e. The first-order chi connectivity index (χ1) is 9.24. The lowest BCUT2D eigenvalue weighted by Gasteiger charge is -2.18. The van der Waals surface area contributed by atoms with Crippen molar-refractivity contribution >= 4 is 11.6 Å². The van der Waals surface area contributed by atoms with E-state index in [0.717, 1.165) is 37.1 Å². The Hall–Kier alpha value is -1.84. The van der Waals surface area contributed by atoms with Gasteiger partial charge in [0.2, 0.25) is 0 Å². The number of rotatable bonds is 1. The predicted octanol–water partition coefficient (Wildman–Crippen LogP) is 2.66. The van der Waals surface area contributed by atoms with Crippen LogP contribution < -0.4 is 0 Å². The maximum Gasteiger partial charge on any atom is 0.274 e. The van der Waals surface area contributed by atoms with Gasteiger partial charge in [-0.15, -0.1) is 0 Å². The Morgan fingerprint density at radius 1 is 1.21 bits per heavy atom. The minimum absolute atomic E-state index is 0.0725. The number of carbonyl (C=O) groups excluding carboxylic acids is 1. The van der Waals surface area contributed by atoms with Crippen LogP contribution in [0.4, 0.5) is 0 Å². The molecule has 3 rings (SSSR count). The van der Waals surface area contributed by atoms with Crippen LogP contribution in [0.3, 0.4) is 0 Å². The van der Waals surface area contributed by atoms with Crippen LogP contribution in [0.1, 0.15) is 41.7 Å². The SMILES string of the molecule is Cc1ccn2cc(C(=O)N3CCCCCC3)nc2c1. The summed E-state index contributed by atoms with van der Waals surface area (Å²) in [5.41, 5.74) is 2.57. The van der Waals surface area contributed by atoms with Gasteiger partial charge >= 0.3 is 0 Å². The molecule has 19 heavy (non-hydrogen) atoms. The number of hydrogen-bond acceptors (Lipinski definition) is 2. The first kappa shape index (κ1) is 12.2. The van der Waals surface area contributed by atoms with E-state index in [2.05, 4.69) is 4.98 Å². The lowest BCUT2D eigenvalue weighted by Crippen LogP contribution is -2.32. The lowest BCUT2D eigenvalue weighted by molar-refractivity contribution is 0.0756. The monoisotopic (exact) mass is 257 g/mol. The molecule has 0 aliphatic carbocycles. The zero-order chi connectivity index (χ0) is 13.2. The van der Waals surface area contributed by atoms with Gasteiger partial charge in [-0.05, 0) is 37.5 Å². The summed E-state index contributed by atoms with van der Waals surface area (Å²) in [6, 6.07) is 4.02. The van der Waals surface area contributed by atoms with Crippen LogP contribution in [0.5, 0.6) is 0 Å². The van der Waals surface area contributed by atoms with E-state index >= 15 is 0 Å². The second-order valence-corrected chi connectivity index (χ2v) is 5.30. The van der Waals surface area contributed by atoms with Gasteiger partial charge < -0.3 is 9.30 Å². The number of nitrogens with zero attached hydrogens (tertiary/aromatic N) is 3. The third-order valence-electron chi connectivity index (χ3n) is 3.73. The molecule has 2 aromatic rings. The minimum atomic E-state index is 0.0725. The van der Waals surface area contributed by atoms with Crippen LogP contribution in [0.2, 0.25) is 0 Å². The van der Waals surface area contributed by atoms with Crippen molar-refractivity contribution in [1.29, 1.82) is 0 Å². The molecule has 0 saturated carbocycles. The average molecular weight is 257 g/mol. The third kappa shape index (κ3) is 2.48. The molecular formula is C15H19N3O. The summed E-state index contributed by atoms with van der Waals surface area (Å²) in [5, 5.41) is 0. The molecule has 1 aliphatic rings. The number of carbonyl (C=O) groups is 1. The van der Waals surface area contributed by atoms with Gasteiger partial charge in [0.15, 0.2) is 0 Å². The summed E-state index contributed by atoms with van der Waals surface area (Å²) in [7, 11) is 0. The molecular weight excluding hydrogens is 238 g/mol. The summed E-state index contributed by atoms with van der Waals surface area (Å²) in [6.45, 7) is 3.77. The average Bonchev–Trinajstić information content (AvgIpc) is 2.64. The number of imidazole rings is 1. The van der Waals surface area contributed by atoms with Gasteiger partial charge in [-0.2, -0.15) is 0 Å². The van der Waals surface area contributed by atoms with E-state index in [9.17, 15) is 4.79 Å².